The van der Waals surface area contributed by atoms with Gasteiger partial charge in [0.1, 0.15) is 0 Å². The van der Waals surface area contributed by atoms with Gasteiger partial charge in [0, 0.05) is 16.8 Å². The maximum Gasteiger partial charge on any atom is 0.336 e. The fourth-order valence-corrected chi connectivity index (χ4v) is 8.42. The van der Waals surface area contributed by atoms with Gasteiger partial charge in [0.25, 0.3) is 0 Å². The van der Waals surface area contributed by atoms with Crippen LogP contribution in [0.1, 0.15) is 48.2 Å². The molecule has 0 radical (unpaired) electrons. The van der Waals surface area contributed by atoms with Gasteiger partial charge in [-0.15, -0.1) is 0 Å². The number of benzene rings is 9. The first-order valence-corrected chi connectivity index (χ1v) is 19.1. The van der Waals surface area contributed by atoms with E-state index in [0.29, 0.717) is 5.56 Å². The first kappa shape index (κ1) is 33.4. The van der Waals surface area contributed by atoms with Gasteiger partial charge in [0.2, 0.25) is 0 Å². The standard InChI is InChI=1S/C51H41NO2/c1-3-7-33-13-17-35(18-14-33)37-21-25-39(26-22-37)52(40-27-23-38(24-28-40)36-19-15-34(8-4-2)16-20-36)48-32-31-45-41-9-5-11-43-46(51(53)54)30-29-44(49(41)43)42-10-6-12-47(48)50(42)45/h5-6,9-32H,3-4,7-8H2,1-2H3,(H,53,54). The SMILES string of the molecule is CCCc1ccc(-c2ccc(N(c3ccc(-c4ccc(CCC)cc4)cc3)c3ccc4c5cccc6c(C(=O)O)ccc(c7cccc3c74)c65)cc2)cc1. The van der Waals surface area contributed by atoms with E-state index in [1.807, 2.05) is 18.2 Å². The van der Waals surface area contributed by atoms with Crippen molar-refractivity contribution in [1.29, 1.82) is 0 Å². The maximum absolute atomic E-state index is 12.2. The summed E-state index contributed by atoms with van der Waals surface area (Å²) in [7, 11) is 0. The third kappa shape index (κ3) is 5.74. The van der Waals surface area contributed by atoms with Crippen molar-refractivity contribution in [3.05, 3.63) is 174 Å². The monoisotopic (exact) mass is 699 g/mol. The number of hydrogen-bond acceptors (Lipinski definition) is 2. The number of carboxylic acid groups (broad SMARTS) is 1. The van der Waals surface area contributed by atoms with Crippen LogP contribution in [0.4, 0.5) is 17.1 Å². The molecule has 0 heterocycles. The van der Waals surface area contributed by atoms with E-state index < -0.39 is 5.97 Å². The minimum absolute atomic E-state index is 0.328. The molecule has 0 aliphatic carbocycles. The highest BCUT2D eigenvalue weighted by atomic mass is 16.4. The Morgan fingerprint density at radius 2 is 0.833 bits per heavy atom. The molecule has 0 atom stereocenters. The molecule has 54 heavy (non-hydrogen) atoms. The Labute approximate surface area is 316 Å². The molecule has 1 N–H and O–H groups in total. The highest BCUT2D eigenvalue weighted by Gasteiger charge is 2.21. The Kier molecular flexibility index (Phi) is 8.56. The van der Waals surface area contributed by atoms with Gasteiger partial charge in [0.15, 0.2) is 0 Å². The van der Waals surface area contributed by atoms with Gasteiger partial charge < -0.3 is 10.0 Å². The van der Waals surface area contributed by atoms with Crippen molar-refractivity contribution in [3.8, 4) is 22.3 Å². The van der Waals surface area contributed by atoms with Crippen LogP contribution in [0.3, 0.4) is 0 Å². The Morgan fingerprint density at radius 1 is 0.444 bits per heavy atom. The fraction of sp³-hybridized carbons (Fsp3) is 0.118. The smallest absolute Gasteiger partial charge is 0.336 e. The molecule has 9 aromatic carbocycles. The molecule has 0 aromatic heterocycles. The van der Waals surface area contributed by atoms with Crippen LogP contribution < -0.4 is 4.90 Å². The first-order chi connectivity index (χ1) is 26.5. The number of hydrogen-bond donors (Lipinski definition) is 1. The Bertz CT molecular complexity index is 2670. The van der Waals surface area contributed by atoms with Crippen molar-refractivity contribution in [1.82, 2.24) is 0 Å². The van der Waals surface area contributed by atoms with Crippen molar-refractivity contribution in [2.24, 2.45) is 0 Å². The average molecular weight is 700 g/mol. The molecular weight excluding hydrogens is 659 g/mol. The van der Waals surface area contributed by atoms with Crippen LogP contribution in [-0.2, 0) is 12.8 Å². The van der Waals surface area contributed by atoms with Gasteiger partial charge in [-0.05, 0) is 120 Å². The van der Waals surface area contributed by atoms with Gasteiger partial charge in [-0.25, -0.2) is 4.79 Å². The molecule has 0 aliphatic rings. The number of nitrogens with zero attached hydrogens (tertiary/aromatic N) is 1. The predicted molar refractivity (Wildman–Crippen MR) is 228 cm³/mol. The van der Waals surface area contributed by atoms with E-state index in [4.69, 9.17) is 0 Å². The molecule has 0 amide bonds. The van der Waals surface area contributed by atoms with E-state index >= 15 is 0 Å². The zero-order chi connectivity index (χ0) is 36.8. The Hall–Kier alpha value is -6.45. The third-order valence-electron chi connectivity index (χ3n) is 11.0. The molecule has 0 saturated heterocycles. The normalized spacial score (nSPS) is 11.6. The lowest BCUT2D eigenvalue weighted by atomic mass is 9.87. The number of aryl methyl sites for hydroxylation is 2. The molecule has 262 valence electrons. The lowest BCUT2D eigenvalue weighted by Gasteiger charge is -2.28. The highest BCUT2D eigenvalue weighted by Crippen LogP contribution is 2.46. The maximum atomic E-state index is 12.2. The second kappa shape index (κ2) is 13.8. The highest BCUT2D eigenvalue weighted by molar-refractivity contribution is 6.35. The molecular formula is C51H41NO2. The predicted octanol–water partition coefficient (Wildman–Crippen LogP) is 14.1. The van der Waals surface area contributed by atoms with Crippen LogP contribution in [0.15, 0.2) is 158 Å². The minimum atomic E-state index is -0.909. The molecule has 9 rings (SSSR count). The summed E-state index contributed by atoms with van der Waals surface area (Å²) in [6, 6.07) is 56.5. The molecule has 0 bridgehead atoms. The summed E-state index contributed by atoms with van der Waals surface area (Å²) in [5.74, 6) is -0.909. The number of aromatic carboxylic acids is 1. The molecule has 0 saturated carbocycles. The van der Waals surface area contributed by atoms with Crippen LogP contribution in [0, 0.1) is 0 Å². The largest absolute Gasteiger partial charge is 0.478 e. The van der Waals surface area contributed by atoms with Crippen LogP contribution in [-0.4, -0.2) is 11.1 Å². The van der Waals surface area contributed by atoms with Crippen LogP contribution in [0.25, 0.3) is 65.3 Å². The number of fused-ring (bicyclic) bond motifs is 2. The van der Waals surface area contributed by atoms with E-state index in [0.717, 1.165) is 80.4 Å². The Balaban J connectivity index is 1.21. The number of carbonyl (C=O) groups is 1. The van der Waals surface area contributed by atoms with Crippen molar-refractivity contribution in [2.75, 3.05) is 4.90 Å². The zero-order valence-corrected chi connectivity index (χ0v) is 30.6. The molecule has 3 nitrogen and oxygen atoms in total. The van der Waals surface area contributed by atoms with E-state index in [1.165, 1.54) is 38.8 Å². The number of rotatable bonds is 10. The molecule has 0 unspecified atom stereocenters. The summed E-state index contributed by atoms with van der Waals surface area (Å²) in [5.41, 5.74) is 11.1. The van der Waals surface area contributed by atoms with E-state index in [2.05, 4.69) is 152 Å². The summed E-state index contributed by atoms with van der Waals surface area (Å²) in [6.07, 6.45) is 4.47. The van der Waals surface area contributed by atoms with Crippen molar-refractivity contribution < 1.29 is 9.90 Å². The summed E-state index contributed by atoms with van der Waals surface area (Å²) in [6.45, 7) is 4.44. The van der Waals surface area contributed by atoms with Crippen molar-refractivity contribution in [2.45, 2.75) is 39.5 Å². The third-order valence-corrected chi connectivity index (χ3v) is 11.0. The minimum Gasteiger partial charge on any atom is -0.478 e. The molecule has 0 aliphatic heterocycles. The fourth-order valence-electron chi connectivity index (χ4n) is 8.42. The van der Waals surface area contributed by atoms with Gasteiger partial charge >= 0.3 is 5.97 Å². The van der Waals surface area contributed by atoms with Crippen molar-refractivity contribution in [3.63, 3.8) is 0 Å². The van der Waals surface area contributed by atoms with Gasteiger partial charge in [-0.2, -0.15) is 0 Å². The van der Waals surface area contributed by atoms with E-state index in [-0.39, 0.29) is 0 Å². The molecule has 9 aromatic rings. The van der Waals surface area contributed by atoms with Crippen LogP contribution >= 0.6 is 0 Å². The zero-order valence-electron chi connectivity index (χ0n) is 30.6. The lowest BCUT2D eigenvalue weighted by molar-refractivity contribution is 0.0699. The summed E-state index contributed by atoms with van der Waals surface area (Å²) in [4.78, 5) is 14.6. The second-order valence-electron chi connectivity index (χ2n) is 14.4. The summed E-state index contributed by atoms with van der Waals surface area (Å²) < 4.78 is 0. The molecule has 0 spiro atoms. The van der Waals surface area contributed by atoms with Crippen molar-refractivity contribution >= 4 is 66.1 Å². The first-order valence-electron chi connectivity index (χ1n) is 19.1. The Morgan fingerprint density at radius 3 is 1.30 bits per heavy atom. The quantitative estimate of drug-likeness (QED) is 0.114. The van der Waals surface area contributed by atoms with Gasteiger partial charge in [-0.1, -0.05) is 148 Å². The van der Waals surface area contributed by atoms with Gasteiger partial charge in [-0.3, -0.25) is 0 Å². The van der Waals surface area contributed by atoms with Crippen LogP contribution in [0.5, 0.6) is 0 Å². The molecule has 3 heteroatoms. The topological polar surface area (TPSA) is 40.5 Å². The molecule has 0 fully saturated rings. The number of carboxylic acids is 1. The number of anilines is 3. The van der Waals surface area contributed by atoms with E-state index in [9.17, 15) is 9.90 Å². The average Bonchev–Trinajstić information content (AvgIpc) is 3.21. The van der Waals surface area contributed by atoms with Crippen LogP contribution in [0.2, 0.25) is 0 Å². The van der Waals surface area contributed by atoms with E-state index in [1.54, 1.807) is 6.07 Å². The van der Waals surface area contributed by atoms with Gasteiger partial charge in [0.05, 0.1) is 11.3 Å². The lowest BCUT2D eigenvalue weighted by Crippen LogP contribution is -2.10. The summed E-state index contributed by atoms with van der Waals surface area (Å²) in [5, 5.41) is 18.5. The summed E-state index contributed by atoms with van der Waals surface area (Å²) >= 11 is 0. The second-order valence-corrected chi connectivity index (χ2v) is 14.4.